The Balaban J connectivity index is 1.69. The summed E-state index contributed by atoms with van der Waals surface area (Å²) in [7, 11) is 0. The Morgan fingerprint density at radius 1 is 1.15 bits per heavy atom. The average molecular weight is 182 g/mol. The van der Waals surface area contributed by atoms with Gasteiger partial charge in [0.1, 0.15) is 6.29 Å². The Kier molecular flexibility index (Phi) is 2.99. The van der Waals surface area contributed by atoms with Crippen LogP contribution in [-0.4, -0.2) is 19.5 Å². The monoisotopic (exact) mass is 182 g/mol. The van der Waals surface area contributed by atoms with E-state index >= 15 is 0 Å². The van der Waals surface area contributed by atoms with Gasteiger partial charge < -0.3 is 9.53 Å². The highest BCUT2D eigenvalue weighted by Crippen LogP contribution is 2.43. The Morgan fingerprint density at radius 2 is 1.85 bits per heavy atom. The molecule has 2 fully saturated rings. The summed E-state index contributed by atoms with van der Waals surface area (Å²) < 4.78 is 5.34. The molecule has 1 saturated carbocycles. The van der Waals surface area contributed by atoms with Crippen LogP contribution < -0.4 is 0 Å². The van der Waals surface area contributed by atoms with Crippen molar-refractivity contribution in [3.05, 3.63) is 0 Å². The lowest BCUT2D eigenvalue weighted by molar-refractivity contribution is -0.109. The molecule has 2 rings (SSSR count). The van der Waals surface area contributed by atoms with Crippen LogP contribution >= 0.6 is 0 Å². The number of rotatable bonds is 3. The van der Waals surface area contributed by atoms with Crippen molar-refractivity contribution in [3.8, 4) is 0 Å². The van der Waals surface area contributed by atoms with Gasteiger partial charge in [0.25, 0.3) is 0 Å². The molecule has 0 N–H and O–H groups in total. The van der Waals surface area contributed by atoms with Crippen LogP contribution in [0, 0.1) is 17.8 Å². The third-order valence-corrected chi connectivity index (χ3v) is 3.63. The number of carbonyl (C=O) groups excluding carboxylic acids is 1. The first-order valence-electron chi connectivity index (χ1n) is 5.41. The van der Waals surface area contributed by atoms with Crippen molar-refractivity contribution >= 4 is 6.29 Å². The summed E-state index contributed by atoms with van der Waals surface area (Å²) in [5.74, 6) is 2.52. The van der Waals surface area contributed by atoms with Crippen molar-refractivity contribution in [1.82, 2.24) is 0 Å². The highest BCUT2D eigenvalue weighted by molar-refractivity contribution is 5.49. The summed E-state index contributed by atoms with van der Waals surface area (Å²) in [5, 5.41) is 0. The highest BCUT2D eigenvalue weighted by atomic mass is 16.5. The summed E-state index contributed by atoms with van der Waals surface area (Å²) in [4.78, 5) is 10.3. The fourth-order valence-electron chi connectivity index (χ4n) is 2.69. The van der Waals surface area contributed by atoms with E-state index in [0.717, 1.165) is 37.8 Å². The Hall–Kier alpha value is -0.370. The maximum Gasteiger partial charge on any atom is 0.120 e. The third kappa shape index (κ3) is 2.11. The summed E-state index contributed by atoms with van der Waals surface area (Å²) in [6.45, 7) is 1.92. The quantitative estimate of drug-likeness (QED) is 0.624. The minimum Gasteiger partial charge on any atom is -0.381 e. The van der Waals surface area contributed by atoms with Gasteiger partial charge in [-0.05, 0) is 43.4 Å². The van der Waals surface area contributed by atoms with E-state index in [0.29, 0.717) is 5.92 Å². The van der Waals surface area contributed by atoms with E-state index in [2.05, 4.69) is 0 Å². The van der Waals surface area contributed by atoms with Gasteiger partial charge in [-0.2, -0.15) is 0 Å². The predicted molar refractivity (Wildman–Crippen MR) is 50.4 cm³/mol. The van der Waals surface area contributed by atoms with Crippen molar-refractivity contribution in [3.63, 3.8) is 0 Å². The lowest BCUT2D eigenvalue weighted by Gasteiger charge is -2.41. The lowest BCUT2D eigenvalue weighted by Crippen LogP contribution is -2.33. The van der Waals surface area contributed by atoms with Crippen LogP contribution in [0.25, 0.3) is 0 Å². The molecule has 0 aromatic heterocycles. The van der Waals surface area contributed by atoms with Crippen LogP contribution in [0.2, 0.25) is 0 Å². The number of hydrogen-bond acceptors (Lipinski definition) is 2. The van der Waals surface area contributed by atoms with Crippen LogP contribution in [-0.2, 0) is 9.53 Å². The Bertz CT molecular complexity index is 167. The molecule has 2 heteroatoms. The topological polar surface area (TPSA) is 26.3 Å². The smallest absolute Gasteiger partial charge is 0.120 e. The number of hydrogen-bond donors (Lipinski definition) is 0. The summed E-state index contributed by atoms with van der Waals surface area (Å²) >= 11 is 0. The molecule has 2 aliphatic rings. The lowest BCUT2D eigenvalue weighted by atomic mass is 9.66. The zero-order valence-electron chi connectivity index (χ0n) is 8.08. The van der Waals surface area contributed by atoms with Crippen LogP contribution in [0.1, 0.15) is 32.1 Å². The normalized spacial score (nSPS) is 35.4. The molecule has 0 atom stereocenters. The Morgan fingerprint density at radius 3 is 2.46 bits per heavy atom. The van der Waals surface area contributed by atoms with Crippen LogP contribution in [0.5, 0.6) is 0 Å². The van der Waals surface area contributed by atoms with E-state index in [1.807, 2.05) is 0 Å². The zero-order chi connectivity index (χ0) is 9.10. The van der Waals surface area contributed by atoms with E-state index < -0.39 is 0 Å². The number of carbonyl (C=O) groups is 1. The summed E-state index contributed by atoms with van der Waals surface area (Å²) in [5.41, 5.74) is 0. The maximum absolute atomic E-state index is 10.3. The fraction of sp³-hybridized carbons (Fsp3) is 0.909. The first kappa shape index (κ1) is 9.20. The van der Waals surface area contributed by atoms with Crippen LogP contribution in [0.4, 0.5) is 0 Å². The molecule has 0 radical (unpaired) electrons. The molecule has 2 nitrogen and oxygen atoms in total. The second-order valence-corrected chi connectivity index (χ2v) is 4.45. The fourth-order valence-corrected chi connectivity index (χ4v) is 2.69. The van der Waals surface area contributed by atoms with Gasteiger partial charge in [0.2, 0.25) is 0 Å². The standard InChI is InChI=1S/C11H18O2/c12-4-1-9-7-11(8-9)10-2-5-13-6-3-10/h4,9-11H,1-3,5-8H2. The molecular weight excluding hydrogens is 164 g/mol. The molecule has 0 spiro atoms. The van der Waals surface area contributed by atoms with E-state index in [1.54, 1.807) is 0 Å². The second kappa shape index (κ2) is 4.23. The molecule has 1 aliphatic carbocycles. The molecule has 0 aromatic rings. The van der Waals surface area contributed by atoms with Gasteiger partial charge in [0, 0.05) is 19.6 Å². The van der Waals surface area contributed by atoms with Crippen molar-refractivity contribution in [2.24, 2.45) is 17.8 Å². The molecule has 13 heavy (non-hydrogen) atoms. The molecule has 0 amide bonds. The summed E-state index contributed by atoms with van der Waals surface area (Å²) in [6.07, 6.45) is 6.95. The largest absolute Gasteiger partial charge is 0.381 e. The van der Waals surface area contributed by atoms with E-state index in [1.165, 1.54) is 25.7 Å². The zero-order valence-corrected chi connectivity index (χ0v) is 8.08. The average Bonchev–Trinajstić information content (AvgIpc) is 2.12. The predicted octanol–water partition coefficient (Wildman–Crippen LogP) is 2.03. The Labute approximate surface area is 79.7 Å². The van der Waals surface area contributed by atoms with Crippen molar-refractivity contribution in [2.75, 3.05) is 13.2 Å². The molecular formula is C11H18O2. The van der Waals surface area contributed by atoms with Gasteiger partial charge in [-0.1, -0.05) is 0 Å². The van der Waals surface area contributed by atoms with Gasteiger partial charge in [0.05, 0.1) is 0 Å². The molecule has 0 bridgehead atoms. The second-order valence-electron chi connectivity index (χ2n) is 4.45. The molecule has 74 valence electrons. The van der Waals surface area contributed by atoms with Gasteiger partial charge in [-0.25, -0.2) is 0 Å². The maximum atomic E-state index is 10.3. The van der Waals surface area contributed by atoms with E-state index in [9.17, 15) is 4.79 Å². The number of aldehydes is 1. The molecule has 0 unspecified atom stereocenters. The minimum atomic E-state index is 0.713. The van der Waals surface area contributed by atoms with Crippen LogP contribution in [0.3, 0.4) is 0 Å². The van der Waals surface area contributed by atoms with E-state index in [-0.39, 0.29) is 0 Å². The van der Waals surface area contributed by atoms with Gasteiger partial charge in [-0.3, -0.25) is 0 Å². The molecule has 0 aromatic carbocycles. The highest BCUT2D eigenvalue weighted by Gasteiger charge is 2.34. The molecule has 1 saturated heterocycles. The van der Waals surface area contributed by atoms with Gasteiger partial charge in [0.15, 0.2) is 0 Å². The van der Waals surface area contributed by atoms with E-state index in [4.69, 9.17) is 4.74 Å². The van der Waals surface area contributed by atoms with Crippen molar-refractivity contribution in [2.45, 2.75) is 32.1 Å². The first-order chi connectivity index (χ1) is 6.40. The summed E-state index contributed by atoms with van der Waals surface area (Å²) in [6, 6.07) is 0. The number of ether oxygens (including phenoxy) is 1. The third-order valence-electron chi connectivity index (χ3n) is 3.63. The minimum absolute atomic E-state index is 0.713. The SMILES string of the molecule is O=CCC1CC(C2CCOCC2)C1. The van der Waals surface area contributed by atoms with Crippen molar-refractivity contribution in [1.29, 1.82) is 0 Å². The van der Waals surface area contributed by atoms with Gasteiger partial charge in [-0.15, -0.1) is 0 Å². The van der Waals surface area contributed by atoms with Crippen molar-refractivity contribution < 1.29 is 9.53 Å². The van der Waals surface area contributed by atoms with Gasteiger partial charge >= 0.3 is 0 Å². The van der Waals surface area contributed by atoms with Crippen LogP contribution in [0.15, 0.2) is 0 Å². The first-order valence-corrected chi connectivity index (χ1v) is 5.41. The molecule has 1 aliphatic heterocycles. The molecule has 1 heterocycles.